The topological polar surface area (TPSA) is 146 Å². The van der Waals surface area contributed by atoms with E-state index in [9.17, 15) is 4.79 Å². The first kappa shape index (κ1) is 21.6. The second-order valence-corrected chi connectivity index (χ2v) is 7.65. The van der Waals surface area contributed by atoms with E-state index in [-0.39, 0.29) is 5.91 Å². The molecule has 5 aromatic rings. The average Bonchev–Trinajstić information content (AvgIpc) is 3.48. The standard InChI is InChI=1S/C23H23N9O2/c1-3-19(33)29-18-5-4-13(8-26-18)14-6-16-21(31-32-22(16)27-9-14)23-28-17-10-25-7-15(20(17)30-23)11-34-12-24-2/h4-10,24H,3,11-12H2,1-2H3,(H,28,30)(H,26,29,33)(H,27,31,32). The summed E-state index contributed by atoms with van der Waals surface area (Å²) >= 11 is 0. The number of H-pyrrole nitrogens is 2. The van der Waals surface area contributed by atoms with Crippen LogP contribution in [0, 0.1) is 0 Å². The molecule has 4 N–H and O–H groups in total. The van der Waals surface area contributed by atoms with E-state index in [1.165, 1.54) is 0 Å². The van der Waals surface area contributed by atoms with Crippen molar-refractivity contribution in [2.24, 2.45) is 0 Å². The SMILES string of the molecule is CCC(=O)Nc1ccc(-c2cnc3n[nH]c(-c4nc5c(COCNC)cncc5[nH]4)c3c2)cn1. The van der Waals surface area contributed by atoms with E-state index in [0.29, 0.717) is 37.0 Å². The monoisotopic (exact) mass is 457 g/mol. The zero-order chi connectivity index (χ0) is 23.5. The third-order valence-corrected chi connectivity index (χ3v) is 5.31. The molecule has 5 heterocycles. The van der Waals surface area contributed by atoms with Crippen molar-refractivity contribution >= 4 is 33.8 Å². The molecule has 0 fully saturated rings. The molecule has 0 aliphatic rings. The van der Waals surface area contributed by atoms with Gasteiger partial charge in [-0.15, -0.1) is 0 Å². The van der Waals surface area contributed by atoms with Crippen LogP contribution in [0.25, 0.3) is 44.7 Å². The van der Waals surface area contributed by atoms with Crippen LogP contribution in [0.4, 0.5) is 5.82 Å². The molecule has 0 unspecified atom stereocenters. The number of fused-ring (bicyclic) bond motifs is 2. The van der Waals surface area contributed by atoms with Gasteiger partial charge in [0.15, 0.2) is 11.5 Å². The third kappa shape index (κ3) is 4.21. The van der Waals surface area contributed by atoms with Crippen molar-refractivity contribution in [1.82, 2.24) is 40.4 Å². The van der Waals surface area contributed by atoms with E-state index in [1.54, 1.807) is 37.8 Å². The van der Waals surface area contributed by atoms with Gasteiger partial charge in [0.1, 0.15) is 11.5 Å². The minimum Gasteiger partial charge on any atom is -0.361 e. The number of aromatic nitrogens is 7. The number of ether oxygens (including phenoxy) is 1. The van der Waals surface area contributed by atoms with Gasteiger partial charge in [0.05, 0.1) is 36.0 Å². The fourth-order valence-electron chi connectivity index (χ4n) is 3.58. The number of nitrogens with zero attached hydrogens (tertiary/aromatic N) is 5. The van der Waals surface area contributed by atoms with Gasteiger partial charge in [-0.3, -0.25) is 20.2 Å². The number of amides is 1. The molecule has 1 amide bonds. The molecule has 5 rings (SSSR count). The minimum atomic E-state index is -0.0795. The molecule has 0 aliphatic heterocycles. The smallest absolute Gasteiger partial charge is 0.225 e. The zero-order valence-electron chi connectivity index (χ0n) is 18.7. The highest BCUT2D eigenvalue weighted by molar-refractivity contribution is 5.94. The van der Waals surface area contributed by atoms with Gasteiger partial charge in [0.2, 0.25) is 5.91 Å². The number of nitrogens with one attached hydrogen (secondary N) is 4. The summed E-state index contributed by atoms with van der Waals surface area (Å²) in [4.78, 5) is 32.8. The van der Waals surface area contributed by atoms with Crippen LogP contribution in [0.3, 0.4) is 0 Å². The predicted octanol–water partition coefficient (Wildman–Crippen LogP) is 3.00. The molecule has 5 aromatic heterocycles. The predicted molar refractivity (Wildman–Crippen MR) is 128 cm³/mol. The maximum absolute atomic E-state index is 11.6. The van der Waals surface area contributed by atoms with Crippen LogP contribution < -0.4 is 10.6 Å². The molecule has 34 heavy (non-hydrogen) atoms. The van der Waals surface area contributed by atoms with E-state index >= 15 is 0 Å². The first-order chi connectivity index (χ1) is 16.7. The summed E-state index contributed by atoms with van der Waals surface area (Å²) in [6.07, 6.45) is 7.34. The van der Waals surface area contributed by atoms with Crippen molar-refractivity contribution in [3.63, 3.8) is 0 Å². The second-order valence-electron chi connectivity index (χ2n) is 7.65. The van der Waals surface area contributed by atoms with Gasteiger partial charge in [-0.25, -0.2) is 15.0 Å². The van der Waals surface area contributed by atoms with Gasteiger partial charge in [0.25, 0.3) is 0 Å². The number of aromatic amines is 2. The van der Waals surface area contributed by atoms with Gasteiger partial charge in [-0.05, 0) is 25.2 Å². The fraction of sp³-hybridized carbons (Fsp3) is 0.217. The Morgan fingerprint density at radius 2 is 2.00 bits per heavy atom. The van der Waals surface area contributed by atoms with Crippen molar-refractivity contribution in [3.8, 4) is 22.6 Å². The number of carbonyl (C=O) groups is 1. The molecule has 0 bridgehead atoms. The first-order valence-corrected chi connectivity index (χ1v) is 10.8. The van der Waals surface area contributed by atoms with Crippen molar-refractivity contribution in [3.05, 3.63) is 48.5 Å². The van der Waals surface area contributed by atoms with Crippen molar-refractivity contribution in [1.29, 1.82) is 0 Å². The fourth-order valence-corrected chi connectivity index (χ4v) is 3.58. The quantitative estimate of drug-likeness (QED) is 0.205. The van der Waals surface area contributed by atoms with Gasteiger partial charge >= 0.3 is 0 Å². The van der Waals surface area contributed by atoms with E-state index in [2.05, 4.69) is 40.8 Å². The molecular weight excluding hydrogens is 434 g/mol. The highest BCUT2D eigenvalue weighted by Crippen LogP contribution is 2.29. The number of anilines is 1. The van der Waals surface area contributed by atoms with E-state index < -0.39 is 0 Å². The lowest BCUT2D eigenvalue weighted by Gasteiger charge is -2.05. The van der Waals surface area contributed by atoms with Crippen molar-refractivity contribution in [2.75, 3.05) is 19.1 Å². The largest absolute Gasteiger partial charge is 0.361 e. The Morgan fingerprint density at radius 1 is 1.12 bits per heavy atom. The lowest BCUT2D eigenvalue weighted by molar-refractivity contribution is -0.115. The van der Waals surface area contributed by atoms with Crippen molar-refractivity contribution in [2.45, 2.75) is 20.0 Å². The molecule has 0 atom stereocenters. The Hall–Kier alpha value is -4.22. The van der Waals surface area contributed by atoms with Crippen LogP contribution in [-0.2, 0) is 16.1 Å². The average molecular weight is 457 g/mol. The normalized spacial score (nSPS) is 11.4. The molecule has 0 radical (unpaired) electrons. The summed E-state index contributed by atoms with van der Waals surface area (Å²) in [6.45, 7) is 2.63. The Bertz CT molecular complexity index is 1460. The lowest BCUT2D eigenvalue weighted by Crippen LogP contribution is -2.11. The summed E-state index contributed by atoms with van der Waals surface area (Å²) in [5.74, 6) is 1.07. The van der Waals surface area contributed by atoms with Crippen LogP contribution in [0.1, 0.15) is 18.9 Å². The Labute approximate surface area is 194 Å². The summed E-state index contributed by atoms with van der Waals surface area (Å²) < 4.78 is 5.58. The zero-order valence-corrected chi connectivity index (χ0v) is 18.7. The van der Waals surface area contributed by atoms with Crippen LogP contribution in [0.15, 0.2) is 43.0 Å². The summed E-state index contributed by atoms with van der Waals surface area (Å²) in [7, 11) is 1.83. The number of imidazole rings is 1. The lowest BCUT2D eigenvalue weighted by atomic mass is 10.1. The number of hydrogen-bond donors (Lipinski definition) is 4. The van der Waals surface area contributed by atoms with E-state index in [1.807, 2.05) is 19.2 Å². The van der Waals surface area contributed by atoms with Gasteiger partial charge in [-0.1, -0.05) is 6.92 Å². The number of pyridine rings is 3. The van der Waals surface area contributed by atoms with Crippen LogP contribution in [0.2, 0.25) is 0 Å². The third-order valence-electron chi connectivity index (χ3n) is 5.31. The van der Waals surface area contributed by atoms with Gasteiger partial charge < -0.3 is 15.0 Å². The Morgan fingerprint density at radius 3 is 2.79 bits per heavy atom. The number of rotatable bonds is 8. The summed E-state index contributed by atoms with van der Waals surface area (Å²) in [5, 5.41) is 13.9. The second kappa shape index (κ2) is 9.33. The molecule has 0 aliphatic carbocycles. The molecule has 0 saturated heterocycles. The van der Waals surface area contributed by atoms with Crippen LogP contribution >= 0.6 is 0 Å². The van der Waals surface area contributed by atoms with Gasteiger partial charge in [0, 0.05) is 41.7 Å². The Balaban J connectivity index is 1.48. The number of hydrogen-bond acceptors (Lipinski definition) is 8. The molecule has 0 saturated carbocycles. The highest BCUT2D eigenvalue weighted by Gasteiger charge is 2.16. The molecule has 11 heteroatoms. The first-order valence-electron chi connectivity index (χ1n) is 10.8. The Kier molecular flexibility index (Phi) is 5.93. The van der Waals surface area contributed by atoms with E-state index in [0.717, 1.165) is 38.8 Å². The molecule has 0 spiro atoms. The van der Waals surface area contributed by atoms with Crippen LogP contribution in [-0.4, -0.2) is 54.8 Å². The number of carbonyl (C=O) groups excluding carboxylic acids is 1. The van der Waals surface area contributed by atoms with Crippen LogP contribution in [0.5, 0.6) is 0 Å². The molecular formula is C23H23N9O2. The van der Waals surface area contributed by atoms with Gasteiger partial charge in [-0.2, -0.15) is 5.10 Å². The molecule has 172 valence electrons. The summed E-state index contributed by atoms with van der Waals surface area (Å²) in [5.41, 5.74) is 5.53. The minimum absolute atomic E-state index is 0.0795. The maximum Gasteiger partial charge on any atom is 0.225 e. The van der Waals surface area contributed by atoms with Crippen molar-refractivity contribution < 1.29 is 9.53 Å². The maximum atomic E-state index is 11.6. The highest BCUT2D eigenvalue weighted by atomic mass is 16.5. The summed E-state index contributed by atoms with van der Waals surface area (Å²) in [6, 6.07) is 5.66. The molecule has 11 nitrogen and oxygen atoms in total. The molecule has 0 aromatic carbocycles. The van der Waals surface area contributed by atoms with E-state index in [4.69, 9.17) is 9.72 Å².